The van der Waals surface area contributed by atoms with Crippen LogP contribution in [0.15, 0.2) is 29.4 Å². The van der Waals surface area contributed by atoms with Crippen molar-refractivity contribution in [2.75, 3.05) is 0 Å². The number of hydrogen-bond acceptors (Lipinski definition) is 3. The van der Waals surface area contributed by atoms with E-state index in [0.29, 0.717) is 0 Å². The number of nitrogens with zero attached hydrogens (tertiary/aromatic N) is 1. The molecule has 0 radical (unpaired) electrons. The van der Waals surface area contributed by atoms with E-state index in [-0.39, 0.29) is 5.56 Å². The van der Waals surface area contributed by atoms with Gasteiger partial charge in [0.05, 0.1) is 16.8 Å². The first-order valence-corrected chi connectivity index (χ1v) is 5.41. The summed E-state index contributed by atoms with van der Waals surface area (Å²) in [7, 11) is 0. The Morgan fingerprint density at radius 1 is 1.17 bits per heavy atom. The third-order valence-electron chi connectivity index (χ3n) is 2.64. The number of benzene rings is 1. The van der Waals surface area contributed by atoms with Crippen LogP contribution in [0.5, 0.6) is 0 Å². The molecule has 0 bridgehead atoms. The lowest BCUT2D eigenvalue weighted by molar-refractivity contribution is -0.137. The van der Waals surface area contributed by atoms with Crippen molar-refractivity contribution in [3.05, 3.63) is 35.4 Å². The maximum atomic E-state index is 12.3. The fraction of sp³-hybridized carbons (Fsp3) is 0.333. The number of halogens is 3. The maximum absolute atomic E-state index is 12.3. The van der Waals surface area contributed by atoms with Gasteiger partial charge in [0, 0.05) is 0 Å². The molecule has 0 saturated heterocycles. The van der Waals surface area contributed by atoms with Crippen LogP contribution >= 0.6 is 0 Å². The van der Waals surface area contributed by atoms with Crippen molar-refractivity contribution in [1.82, 2.24) is 0 Å². The third-order valence-corrected chi connectivity index (χ3v) is 2.64. The topological polar surface area (TPSA) is 38.7 Å². The molecule has 6 heteroatoms. The van der Waals surface area contributed by atoms with E-state index in [1.165, 1.54) is 0 Å². The van der Waals surface area contributed by atoms with E-state index in [1.54, 1.807) is 0 Å². The number of hydrogen-bond donors (Lipinski definition) is 0. The predicted octanol–water partition coefficient (Wildman–Crippen LogP) is 3.40. The highest BCUT2D eigenvalue weighted by Gasteiger charge is 2.30. The average molecular weight is 257 g/mol. The maximum Gasteiger partial charge on any atom is 0.416 e. The van der Waals surface area contributed by atoms with Gasteiger partial charge in [-0.05, 0) is 43.5 Å². The average Bonchev–Trinajstić information content (AvgIpc) is 2.26. The fourth-order valence-corrected chi connectivity index (χ4v) is 1.38. The Kier molecular flexibility index (Phi) is 3.36. The van der Waals surface area contributed by atoms with E-state index in [1.807, 2.05) is 0 Å². The van der Waals surface area contributed by atoms with Gasteiger partial charge in [-0.15, -0.1) is 0 Å². The molecular weight excluding hydrogens is 247 g/mol. The minimum absolute atomic E-state index is 0.0478. The molecule has 0 atom stereocenters. The molecule has 1 aliphatic carbocycles. The SMILES string of the molecule is O=C(ON=C1CCC1)c1ccc(C(F)(F)F)cc1. The Hall–Kier alpha value is -1.85. The van der Waals surface area contributed by atoms with Gasteiger partial charge in [0.1, 0.15) is 0 Å². The Morgan fingerprint density at radius 3 is 2.22 bits per heavy atom. The standard InChI is InChI=1S/C12H10F3NO2/c13-12(14,15)9-6-4-8(5-7-9)11(17)18-16-10-2-1-3-10/h4-7H,1-3H2. The van der Waals surface area contributed by atoms with Crippen molar-refractivity contribution >= 4 is 11.7 Å². The molecular formula is C12H10F3NO2. The zero-order valence-corrected chi connectivity index (χ0v) is 9.33. The molecule has 0 spiro atoms. The molecule has 0 unspecified atom stereocenters. The van der Waals surface area contributed by atoms with Crippen LogP contribution in [0.4, 0.5) is 13.2 Å². The normalized spacial score (nSPS) is 14.9. The first kappa shape index (κ1) is 12.6. The Balaban J connectivity index is 2.02. The van der Waals surface area contributed by atoms with E-state index in [9.17, 15) is 18.0 Å². The first-order valence-electron chi connectivity index (χ1n) is 5.41. The van der Waals surface area contributed by atoms with Gasteiger partial charge in [0.25, 0.3) is 0 Å². The second kappa shape index (κ2) is 4.80. The molecule has 0 aliphatic heterocycles. The van der Waals surface area contributed by atoms with Gasteiger partial charge in [-0.3, -0.25) is 0 Å². The highest BCUT2D eigenvalue weighted by atomic mass is 19.4. The minimum Gasteiger partial charge on any atom is -0.313 e. The van der Waals surface area contributed by atoms with Crippen LogP contribution in [0.1, 0.15) is 35.2 Å². The van der Waals surface area contributed by atoms with Crippen molar-refractivity contribution in [2.45, 2.75) is 25.4 Å². The first-order chi connectivity index (χ1) is 8.47. The smallest absolute Gasteiger partial charge is 0.313 e. The summed E-state index contributed by atoms with van der Waals surface area (Å²) < 4.78 is 36.9. The van der Waals surface area contributed by atoms with E-state index >= 15 is 0 Å². The molecule has 96 valence electrons. The van der Waals surface area contributed by atoms with E-state index in [2.05, 4.69) is 9.99 Å². The van der Waals surface area contributed by atoms with Crippen LogP contribution in [0.3, 0.4) is 0 Å². The number of alkyl halides is 3. The van der Waals surface area contributed by atoms with E-state index in [0.717, 1.165) is 49.2 Å². The molecule has 0 heterocycles. The van der Waals surface area contributed by atoms with E-state index < -0.39 is 17.7 Å². The summed E-state index contributed by atoms with van der Waals surface area (Å²) >= 11 is 0. The number of oxime groups is 1. The second-order valence-electron chi connectivity index (χ2n) is 3.96. The Bertz CT molecular complexity index is 471. The van der Waals surface area contributed by atoms with Gasteiger partial charge < -0.3 is 4.84 Å². The molecule has 18 heavy (non-hydrogen) atoms. The molecule has 1 aromatic carbocycles. The number of carbonyl (C=O) groups is 1. The van der Waals surface area contributed by atoms with Crippen molar-refractivity contribution in [3.8, 4) is 0 Å². The Labute approximate surface area is 101 Å². The zero-order valence-electron chi connectivity index (χ0n) is 9.33. The highest BCUT2D eigenvalue weighted by molar-refractivity contribution is 5.92. The summed E-state index contributed by atoms with van der Waals surface area (Å²) in [5.74, 6) is -0.747. The fourth-order valence-electron chi connectivity index (χ4n) is 1.38. The van der Waals surface area contributed by atoms with Gasteiger partial charge in [-0.1, -0.05) is 5.16 Å². The van der Waals surface area contributed by atoms with Crippen LogP contribution in [0, 0.1) is 0 Å². The summed E-state index contributed by atoms with van der Waals surface area (Å²) in [6.07, 6.45) is -1.77. The zero-order chi connectivity index (χ0) is 13.2. The molecule has 1 aromatic rings. The summed E-state index contributed by atoms with van der Waals surface area (Å²) in [5, 5.41) is 3.62. The lowest BCUT2D eigenvalue weighted by Gasteiger charge is -2.12. The minimum atomic E-state index is -4.41. The van der Waals surface area contributed by atoms with Crippen LogP contribution in [-0.2, 0) is 11.0 Å². The lowest BCUT2D eigenvalue weighted by Crippen LogP contribution is -2.12. The summed E-state index contributed by atoms with van der Waals surface area (Å²) in [6.45, 7) is 0. The molecule has 1 saturated carbocycles. The quantitative estimate of drug-likeness (QED) is 0.601. The van der Waals surface area contributed by atoms with Crippen LogP contribution in [0.25, 0.3) is 0 Å². The lowest BCUT2D eigenvalue weighted by atomic mass is 9.98. The van der Waals surface area contributed by atoms with Crippen molar-refractivity contribution in [3.63, 3.8) is 0 Å². The third kappa shape index (κ3) is 2.88. The monoisotopic (exact) mass is 257 g/mol. The van der Waals surface area contributed by atoms with Crippen LogP contribution in [-0.4, -0.2) is 11.7 Å². The van der Waals surface area contributed by atoms with Crippen molar-refractivity contribution in [2.24, 2.45) is 5.16 Å². The molecule has 0 aromatic heterocycles. The second-order valence-corrected chi connectivity index (χ2v) is 3.96. The van der Waals surface area contributed by atoms with E-state index in [4.69, 9.17) is 0 Å². The molecule has 0 amide bonds. The van der Waals surface area contributed by atoms with Crippen molar-refractivity contribution in [1.29, 1.82) is 0 Å². The van der Waals surface area contributed by atoms with Gasteiger partial charge >= 0.3 is 12.1 Å². The number of rotatable bonds is 2. The molecule has 1 aliphatic rings. The van der Waals surface area contributed by atoms with Gasteiger partial charge in [0.15, 0.2) is 0 Å². The highest BCUT2D eigenvalue weighted by Crippen LogP contribution is 2.29. The molecule has 0 N–H and O–H groups in total. The molecule has 3 nitrogen and oxygen atoms in total. The predicted molar refractivity (Wildman–Crippen MR) is 58.1 cm³/mol. The van der Waals surface area contributed by atoms with Crippen LogP contribution in [0.2, 0.25) is 0 Å². The van der Waals surface area contributed by atoms with Gasteiger partial charge in [-0.2, -0.15) is 13.2 Å². The van der Waals surface area contributed by atoms with Crippen molar-refractivity contribution < 1.29 is 22.8 Å². The number of carbonyl (C=O) groups excluding carboxylic acids is 1. The van der Waals surface area contributed by atoms with Gasteiger partial charge in [-0.25, -0.2) is 4.79 Å². The summed E-state index contributed by atoms with van der Waals surface area (Å²) in [6, 6.07) is 3.83. The van der Waals surface area contributed by atoms with Gasteiger partial charge in [0.2, 0.25) is 0 Å². The summed E-state index contributed by atoms with van der Waals surface area (Å²) in [5.41, 5.74) is 0.0475. The molecule has 2 rings (SSSR count). The largest absolute Gasteiger partial charge is 0.416 e. The summed E-state index contributed by atoms with van der Waals surface area (Å²) in [4.78, 5) is 16.1. The molecule has 1 fully saturated rings. The van der Waals surface area contributed by atoms with Crippen LogP contribution < -0.4 is 0 Å². The Morgan fingerprint density at radius 2 is 1.78 bits per heavy atom.